The van der Waals surface area contributed by atoms with E-state index in [9.17, 15) is 37.8 Å². The number of carbonyl (C=O) groups excluding carboxylic acids is 2. The first-order valence-corrected chi connectivity index (χ1v) is 14.6. The molecule has 0 fully saturated rings. The molecule has 16 heteroatoms. The third kappa shape index (κ3) is 8.97. The maximum atomic E-state index is 12.7. The van der Waals surface area contributed by atoms with Crippen molar-refractivity contribution < 1.29 is 42.9 Å². The first-order chi connectivity index (χ1) is 19.4. The fourth-order valence-electron chi connectivity index (χ4n) is 3.30. The van der Waals surface area contributed by atoms with E-state index in [4.69, 9.17) is 16.7 Å². The van der Waals surface area contributed by atoms with Crippen molar-refractivity contribution in [2.75, 3.05) is 5.75 Å². The minimum Gasteiger partial charge on any atom is -0.507 e. The lowest BCUT2D eigenvalue weighted by Crippen LogP contribution is -2.43. The summed E-state index contributed by atoms with van der Waals surface area (Å²) in [5.74, 6) is -4.43. The van der Waals surface area contributed by atoms with E-state index < -0.39 is 68.9 Å². The lowest BCUT2D eigenvalue weighted by atomic mass is 10.1. The van der Waals surface area contributed by atoms with Crippen LogP contribution in [0.2, 0.25) is 5.02 Å². The molecule has 1 amide bonds. The van der Waals surface area contributed by atoms with Gasteiger partial charge in [0.2, 0.25) is 10.0 Å². The van der Waals surface area contributed by atoms with Gasteiger partial charge in [-0.05, 0) is 29.8 Å². The molecule has 1 atom stereocenters. The summed E-state index contributed by atoms with van der Waals surface area (Å²) in [6, 6.07) is 8.50. The molecule has 216 valence electrons. The molecule has 0 saturated heterocycles. The second-order valence-electron chi connectivity index (χ2n) is 8.37. The largest absolute Gasteiger partial charge is 0.507 e. The molecule has 0 bridgehead atoms. The fraction of sp³-hybridized carbons (Fsp3) is 0.200. The number of Topliss-reactive ketones (excluding diaryl/α,β-unsaturated/α-hetero) is 1. The van der Waals surface area contributed by atoms with Gasteiger partial charge in [0, 0.05) is 23.2 Å². The van der Waals surface area contributed by atoms with Crippen LogP contribution >= 0.6 is 23.4 Å². The van der Waals surface area contributed by atoms with Crippen molar-refractivity contribution in [3.8, 4) is 5.75 Å². The zero-order valence-corrected chi connectivity index (χ0v) is 23.4. The van der Waals surface area contributed by atoms with Crippen LogP contribution in [0, 0.1) is 0 Å². The third-order valence-electron chi connectivity index (χ3n) is 5.43. The quantitative estimate of drug-likeness (QED) is 0.175. The van der Waals surface area contributed by atoms with Crippen LogP contribution < -0.4 is 10.0 Å². The minimum atomic E-state index is -4.21. The summed E-state index contributed by atoms with van der Waals surface area (Å²) >= 11 is 7.32. The number of phenols is 1. The highest BCUT2D eigenvalue weighted by molar-refractivity contribution is 7.99. The Kier molecular flexibility index (Phi) is 10.8. The number of ketones is 1. The van der Waals surface area contributed by atoms with Crippen molar-refractivity contribution in [2.24, 2.45) is 0 Å². The van der Waals surface area contributed by atoms with E-state index in [1.165, 1.54) is 11.8 Å². The van der Waals surface area contributed by atoms with E-state index in [0.29, 0.717) is 10.8 Å². The molecule has 0 saturated carbocycles. The summed E-state index contributed by atoms with van der Waals surface area (Å²) in [6.45, 7) is -0.420. The van der Waals surface area contributed by atoms with E-state index in [1.54, 1.807) is 24.3 Å². The Labute approximate surface area is 243 Å². The van der Waals surface area contributed by atoms with Gasteiger partial charge in [0.05, 0.1) is 35.2 Å². The summed E-state index contributed by atoms with van der Waals surface area (Å²) in [5, 5.41) is 30.7. The van der Waals surface area contributed by atoms with Crippen LogP contribution in [0.3, 0.4) is 0 Å². The maximum Gasteiger partial charge on any atom is 0.339 e. The molecule has 3 rings (SSSR count). The van der Waals surface area contributed by atoms with Gasteiger partial charge in [-0.25, -0.2) is 27.9 Å². The number of aliphatic carboxylic acids is 1. The SMILES string of the molecule is O=C(O)C[C@@H](NC(=O)c1cnc(CNS(=O)(=O)c2ccc(O)c(C(=O)O)c2)nc1)C(=O)CSCc1ccccc1Cl. The van der Waals surface area contributed by atoms with Gasteiger partial charge < -0.3 is 20.6 Å². The van der Waals surface area contributed by atoms with E-state index >= 15 is 0 Å². The molecule has 0 aliphatic rings. The Bertz CT molecular complexity index is 1570. The average molecular weight is 623 g/mol. The Morgan fingerprint density at radius 1 is 1.02 bits per heavy atom. The van der Waals surface area contributed by atoms with Crippen LogP contribution in [-0.2, 0) is 31.9 Å². The lowest BCUT2D eigenvalue weighted by Gasteiger charge is -2.16. The number of hydrogen-bond acceptors (Lipinski definition) is 10. The predicted molar refractivity (Wildman–Crippen MR) is 147 cm³/mol. The molecule has 2 aromatic carbocycles. The van der Waals surface area contributed by atoms with E-state index in [-0.39, 0.29) is 17.1 Å². The first-order valence-electron chi connectivity index (χ1n) is 11.6. The molecule has 0 aliphatic heterocycles. The highest BCUT2D eigenvalue weighted by Crippen LogP contribution is 2.22. The number of carboxylic acid groups (broad SMARTS) is 2. The number of aromatic hydroxyl groups is 1. The molecular formula is C25H23ClN4O9S2. The van der Waals surface area contributed by atoms with Gasteiger partial charge in [-0.1, -0.05) is 29.8 Å². The van der Waals surface area contributed by atoms with Gasteiger partial charge in [-0.15, -0.1) is 11.8 Å². The number of nitrogens with one attached hydrogen (secondary N) is 2. The number of aromatic nitrogens is 2. The molecule has 13 nitrogen and oxygen atoms in total. The van der Waals surface area contributed by atoms with Gasteiger partial charge in [0.15, 0.2) is 5.78 Å². The number of carbonyl (C=O) groups is 4. The first kappa shape index (κ1) is 31.5. The predicted octanol–water partition coefficient (Wildman–Crippen LogP) is 2.09. The number of rotatable bonds is 14. The zero-order valence-electron chi connectivity index (χ0n) is 21.0. The normalized spacial score (nSPS) is 11.9. The monoisotopic (exact) mass is 622 g/mol. The van der Waals surface area contributed by atoms with Crippen LogP contribution in [-0.4, -0.2) is 69.1 Å². The maximum absolute atomic E-state index is 12.7. The summed E-state index contributed by atoms with van der Waals surface area (Å²) in [4.78, 5) is 55.2. The third-order valence-corrected chi connectivity index (χ3v) is 8.20. The van der Waals surface area contributed by atoms with Gasteiger partial charge in [0.25, 0.3) is 5.91 Å². The molecule has 41 heavy (non-hydrogen) atoms. The molecule has 1 aromatic heterocycles. The lowest BCUT2D eigenvalue weighted by molar-refractivity contribution is -0.139. The standard InChI is InChI=1S/C25H23ClN4O9S2/c26-18-4-2-1-3-14(18)12-40-13-21(32)19(8-23(33)34)30-24(35)15-9-27-22(28-10-15)11-29-41(38,39)16-5-6-20(31)17(7-16)25(36)37/h1-7,9-10,19,29,31H,8,11-13H2,(H,30,35)(H,33,34)(H,36,37)/t19-/m1/s1. The number of nitrogens with zero attached hydrogens (tertiary/aromatic N) is 2. The Morgan fingerprint density at radius 2 is 1.71 bits per heavy atom. The number of hydrogen-bond donors (Lipinski definition) is 5. The van der Waals surface area contributed by atoms with Crippen LogP contribution in [0.1, 0.15) is 38.5 Å². The fourth-order valence-corrected chi connectivity index (χ4v) is 5.56. The van der Waals surface area contributed by atoms with Crippen molar-refractivity contribution in [1.29, 1.82) is 0 Å². The second kappa shape index (κ2) is 14.0. The highest BCUT2D eigenvalue weighted by Gasteiger charge is 2.25. The Balaban J connectivity index is 1.60. The number of carboxylic acids is 2. The number of amides is 1. The zero-order chi connectivity index (χ0) is 30.2. The van der Waals surface area contributed by atoms with Gasteiger partial charge in [0.1, 0.15) is 17.1 Å². The van der Waals surface area contributed by atoms with Gasteiger partial charge in [-0.2, -0.15) is 0 Å². The van der Waals surface area contributed by atoms with Crippen molar-refractivity contribution in [3.63, 3.8) is 0 Å². The number of halogens is 1. The smallest absolute Gasteiger partial charge is 0.339 e. The van der Waals surface area contributed by atoms with Crippen LogP contribution in [0.25, 0.3) is 0 Å². The van der Waals surface area contributed by atoms with Crippen molar-refractivity contribution in [1.82, 2.24) is 20.0 Å². The topological polar surface area (TPSA) is 213 Å². The van der Waals surface area contributed by atoms with Gasteiger partial charge in [-0.3, -0.25) is 14.4 Å². The average Bonchev–Trinajstić information content (AvgIpc) is 2.92. The molecule has 5 N–H and O–H groups in total. The summed E-state index contributed by atoms with van der Waals surface area (Å²) < 4.78 is 27.2. The summed E-state index contributed by atoms with van der Waals surface area (Å²) in [5.41, 5.74) is 0.102. The minimum absolute atomic E-state index is 0.0449. The molecule has 3 aromatic rings. The van der Waals surface area contributed by atoms with Crippen LogP contribution in [0.4, 0.5) is 0 Å². The highest BCUT2D eigenvalue weighted by atomic mass is 35.5. The molecule has 0 radical (unpaired) electrons. The number of sulfonamides is 1. The second-order valence-corrected chi connectivity index (χ2v) is 11.5. The summed E-state index contributed by atoms with van der Waals surface area (Å²) in [6.07, 6.45) is 1.51. The number of benzene rings is 2. The molecule has 0 spiro atoms. The number of thioether (sulfide) groups is 1. The Morgan fingerprint density at radius 3 is 2.34 bits per heavy atom. The van der Waals surface area contributed by atoms with Crippen LogP contribution in [0.15, 0.2) is 59.8 Å². The molecule has 0 unspecified atom stereocenters. The Hall–Kier alpha value is -4.05. The van der Waals surface area contributed by atoms with E-state index in [0.717, 1.165) is 36.2 Å². The van der Waals surface area contributed by atoms with E-state index in [1.807, 2.05) is 0 Å². The van der Waals surface area contributed by atoms with Crippen molar-refractivity contribution in [2.45, 2.75) is 29.7 Å². The van der Waals surface area contributed by atoms with Crippen LogP contribution in [0.5, 0.6) is 5.75 Å². The van der Waals surface area contributed by atoms with Gasteiger partial charge >= 0.3 is 11.9 Å². The van der Waals surface area contributed by atoms with Crippen molar-refractivity contribution in [3.05, 3.63) is 82.4 Å². The van der Waals surface area contributed by atoms with E-state index in [2.05, 4.69) is 20.0 Å². The number of aromatic carboxylic acids is 1. The molecular weight excluding hydrogens is 600 g/mol. The molecule has 0 aliphatic carbocycles. The molecule has 1 heterocycles. The van der Waals surface area contributed by atoms with Crippen molar-refractivity contribution >= 4 is 57.0 Å². The summed E-state index contributed by atoms with van der Waals surface area (Å²) in [7, 11) is -4.21.